The lowest BCUT2D eigenvalue weighted by molar-refractivity contribution is 0.576. The van der Waals surface area contributed by atoms with Gasteiger partial charge < -0.3 is 21.3 Å². The fourth-order valence-electron chi connectivity index (χ4n) is 4.26. The maximum atomic E-state index is 5.99. The third kappa shape index (κ3) is 5.60. The van der Waals surface area contributed by atoms with Crippen LogP contribution in [0.2, 0.25) is 0 Å². The second kappa shape index (κ2) is 11.4. The van der Waals surface area contributed by atoms with Crippen LogP contribution in [0.3, 0.4) is 0 Å². The summed E-state index contributed by atoms with van der Waals surface area (Å²) in [7, 11) is 1.91. The van der Waals surface area contributed by atoms with Gasteiger partial charge in [0.15, 0.2) is 0 Å². The molecule has 1 aliphatic heterocycles. The average molecular weight is 456 g/mol. The zero-order chi connectivity index (χ0) is 24.7. The summed E-state index contributed by atoms with van der Waals surface area (Å²) in [5, 5.41) is 6.74. The second-order valence-electron chi connectivity index (χ2n) is 8.56. The van der Waals surface area contributed by atoms with Crippen molar-refractivity contribution in [1.82, 2.24) is 4.98 Å². The Morgan fingerprint density at radius 1 is 1.12 bits per heavy atom. The largest absolute Gasteiger partial charge is 0.399 e. The Hall–Kier alpha value is -3.73. The highest BCUT2D eigenvalue weighted by atomic mass is 15.1. The maximum absolute atomic E-state index is 5.99. The topological polar surface area (TPSA) is 66.2 Å². The van der Waals surface area contributed by atoms with Gasteiger partial charge in [-0.05, 0) is 79.7 Å². The number of nitrogens with zero attached hydrogens (tertiary/aromatic N) is 2. The third-order valence-corrected chi connectivity index (χ3v) is 6.35. The number of anilines is 3. The van der Waals surface area contributed by atoms with Crippen molar-refractivity contribution in [2.24, 2.45) is 5.73 Å². The molecule has 0 bridgehead atoms. The van der Waals surface area contributed by atoms with Crippen molar-refractivity contribution in [3.63, 3.8) is 0 Å². The van der Waals surface area contributed by atoms with E-state index in [4.69, 9.17) is 5.73 Å². The maximum Gasteiger partial charge on any atom is 0.0621 e. The van der Waals surface area contributed by atoms with E-state index >= 15 is 0 Å². The molecular formula is C29H37N5. The van der Waals surface area contributed by atoms with Crippen molar-refractivity contribution >= 4 is 28.2 Å². The molecule has 1 aliphatic rings. The summed E-state index contributed by atoms with van der Waals surface area (Å²) >= 11 is 0. The summed E-state index contributed by atoms with van der Waals surface area (Å²) < 4.78 is 0. The third-order valence-electron chi connectivity index (χ3n) is 6.35. The SMILES string of the molecule is C=C/C(N)=C\C(=C/C)c1ccc(NC)c(C(=C)C(=C)Nc2cncc(N3CCCCC3)c2C)c1. The van der Waals surface area contributed by atoms with Crippen LogP contribution in [0.5, 0.6) is 0 Å². The van der Waals surface area contributed by atoms with Crippen molar-refractivity contribution in [3.8, 4) is 0 Å². The average Bonchev–Trinajstić information content (AvgIpc) is 2.87. The zero-order valence-electron chi connectivity index (χ0n) is 20.7. The number of hydrogen-bond acceptors (Lipinski definition) is 5. The fraction of sp³-hybridized carbons (Fsp3) is 0.276. The molecule has 0 aliphatic carbocycles. The van der Waals surface area contributed by atoms with E-state index in [1.807, 2.05) is 44.6 Å². The van der Waals surface area contributed by atoms with Gasteiger partial charge in [-0.1, -0.05) is 31.9 Å². The first-order valence-electron chi connectivity index (χ1n) is 11.8. The number of aromatic nitrogens is 1. The van der Waals surface area contributed by atoms with E-state index in [1.165, 1.54) is 30.5 Å². The molecule has 1 saturated heterocycles. The van der Waals surface area contributed by atoms with Gasteiger partial charge in [-0.3, -0.25) is 4.98 Å². The molecule has 1 aromatic heterocycles. The van der Waals surface area contributed by atoms with Gasteiger partial charge >= 0.3 is 0 Å². The molecule has 0 spiro atoms. The van der Waals surface area contributed by atoms with E-state index in [0.717, 1.165) is 52.4 Å². The van der Waals surface area contributed by atoms with Crippen LogP contribution < -0.4 is 21.3 Å². The lowest BCUT2D eigenvalue weighted by Gasteiger charge is -2.30. The van der Waals surface area contributed by atoms with E-state index < -0.39 is 0 Å². The van der Waals surface area contributed by atoms with E-state index in [-0.39, 0.29) is 0 Å². The van der Waals surface area contributed by atoms with Gasteiger partial charge in [-0.25, -0.2) is 0 Å². The zero-order valence-corrected chi connectivity index (χ0v) is 20.7. The summed E-state index contributed by atoms with van der Waals surface area (Å²) in [6.07, 6.45) is 13.2. The highest BCUT2D eigenvalue weighted by Gasteiger charge is 2.17. The van der Waals surface area contributed by atoms with Gasteiger partial charge in [0, 0.05) is 42.8 Å². The predicted molar refractivity (Wildman–Crippen MR) is 149 cm³/mol. The highest BCUT2D eigenvalue weighted by molar-refractivity contribution is 5.89. The summed E-state index contributed by atoms with van der Waals surface area (Å²) in [6.45, 7) is 18.7. The Morgan fingerprint density at radius 3 is 2.50 bits per heavy atom. The molecule has 0 radical (unpaired) electrons. The number of nitrogens with one attached hydrogen (secondary N) is 2. The van der Waals surface area contributed by atoms with Gasteiger partial charge in [0.1, 0.15) is 0 Å². The molecule has 2 heterocycles. The number of piperidine rings is 1. The van der Waals surface area contributed by atoms with Crippen LogP contribution in [-0.4, -0.2) is 25.1 Å². The minimum absolute atomic E-state index is 0.619. The van der Waals surface area contributed by atoms with Crippen molar-refractivity contribution in [3.05, 3.63) is 96.6 Å². The Balaban J connectivity index is 1.88. The number of rotatable bonds is 9. The van der Waals surface area contributed by atoms with Crippen LogP contribution in [-0.2, 0) is 0 Å². The van der Waals surface area contributed by atoms with Crippen LogP contribution in [0.4, 0.5) is 17.1 Å². The van der Waals surface area contributed by atoms with Crippen LogP contribution in [0.15, 0.2) is 80.0 Å². The first-order chi connectivity index (χ1) is 16.4. The highest BCUT2D eigenvalue weighted by Crippen LogP contribution is 2.33. The molecule has 34 heavy (non-hydrogen) atoms. The minimum Gasteiger partial charge on any atom is -0.399 e. The number of hydrogen-bond donors (Lipinski definition) is 3. The molecule has 5 heteroatoms. The molecule has 1 aromatic carbocycles. The van der Waals surface area contributed by atoms with E-state index in [0.29, 0.717) is 5.70 Å². The first-order valence-corrected chi connectivity index (χ1v) is 11.8. The molecule has 0 amide bonds. The second-order valence-corrected chi connectivity index (χ2v) is 8.56. The minimum atomic E-state index is 0.619. The number of allylic oxidation sites excluding steroid dienone is 5. The van der Waals surface area contributed by atoms with Crippen molar-refractivity contribution in [2.45, 2.75) is 33.1 Å². The van der Waals surface area contributed by atoms with Crippen molar-refractivity contribution in [2.75, 3.05) is 35.7 Å². The Labute approximate surface area is 204 Å². The monoisotopic (exact) mass is 455 g/mol. The van der Waals surface area contributed by atoms with Gasteiger partial charge in [-0.2, -0.15) is 0 Å². The summed E-state index contributed by atoms with van der Waals surface area (Å²) in [6, 6.07) is 6.23. The van der Waals surface area contributed by atoms with Crippen LogP contribution in [0, 0.1) is 6.92 Å². The number of benzene rings is 1. The van der Waals surface area contributed by atoms with E-state index in [1.54, 1.807) is 6.08 Å². The van der Waals surface area contributed by atoms with Crippen LogP contribution in [0.25, 0.3) is 11.1 Å². The molecule has 0 saturated carbocycles. The van der Waals surface area contributed by atoms with Crippen LogP contribution in [0.1, 0.15) is 42.9 Å². The fourth-order valence-corrected chi connectivity index (χ4v) is 4.26. The summed E-state index contributed by atoms with van der Waals surface area (Å²) in [5.74, 6) is 0. The van der Waals surface area contributed by atoms with Gasteiger partial charge in [0.2, 0.25) is 0 Å². The first kappa shape index (κ1) is 24.9. The molecule has 0 unspecified atom stereocenters. The Morgan fingerprint density at radius 2 is 1.85 bits per heavy atom. The van der Waals surface area contributed by atoms with Crippen molar-refractivity contribution < 1.29 is 0 Å². The summed E-state index contributed by atoms with van der Waals surface area (Å²) in [5.41, 5.74) is 15.5. The standard InChI is InChI=1S/C29H37N5/c1-7-23(16-25(30)8-2)24-12-13-27(31-6)26(17-24)20(3)22(5)33-28-18-32-19-29(21(28)4)34-14-10-9-11-15-34/h7-8,12-13,16-19,31,33H,2-3,5,9-11,14-15,30H2,1,4,6H3/b23-7+,25-16+. The smallest absolute Gasteiger partial charge is 0.0621 e. The molecule has 0 atom stereocenters. The van der Waals surface area contributed by atoms with Gasteiger partial charge in [0.05, 0.1) is 23.8 Å². The van der Waals surface area contributed by atoms with E-state index in [9.17, 15) is 0 Å². The Kier molecular flexibility index (Phi) is 8.36. The quantitative estimate of drug-likeness (QED) is 0.377. The van der Waals surface area contributed by atoms with E-state index in [2.05, 4.69) is 59.3 Å². The van der Waals surface area contributed by atoms with Gasteiger partial charge in [0.25, 0.3) is 0 Å². The van der Waals surface area contributed by atoms with Gasteiger partial charge in [-0.15, -0.1) is 0 Å². The summed E-state index contributed by atoms with van der Waals surface area (Å²) in [4.78, 5) is 6.93. The molecule has 5 nitrogen and oxygen atoms in total. The lowest BCUT2D eigenvalue weighted by atomic mass is 9.96. The number of pyridine rings is 1. The molecule has 1 fully saturated rings. The molecule has 3 rings (SSSR count). The molecule has 178 valence electrons. The molecule has 4 N–H and O–H groups in total. The predicted octanol–water partition coefficient (Wildman–Crippen LogP) is 6.49. The molecule has 2 aromatic rings. The van der Waals surface area contributed by atoms with Crippen LogP contribution >= 0.6 is 0 Å². The normalized spacial score (nSPS) is 14.5. The molecular weight excluding hydrogens is 418 g/mol. The number of nitrogens with two attached hydrogens (primary N) is 1. The van der Waals surface area contributed by atoms with Crippen molar-refractivity contribution in [1.29, 1.82) is 0 Å². The lowest BCUT2D eigenvalue weighted by Crippen LogP contribution is -2.30. The Bertz CT molecular complexity index is 1130.